The molecule has 0 aromatic heterocycles. The van der Waals surface area contributed by atoms with E-state index < -0.39 is 17.9 Å². The Kier molecular flexibility index (Phi) is 5.50. The average molecular weight is 361 g/mol. The van der Waals surface area contributed by atoms with Gasteiger partial charge in [0.2, 0.25) is 0 Å². The molecule has 2 rings (SSSR count). The van der Waals surface area contributed by atoms with E-state index in [9.17, 15) is 19.8 Å². The number of carboxylic acids is 2. The van der Waals surface area contributed by atoms with Gasteiger partial charge in [0, 0.05) is 23.0 Å². The second-order valence-electron chi connectivity index (χ2n) is 5.66. The van der Waals surface area contributed by atoms with E-state index in [0.717, 1.165) is 0 Å². The van der Waals surface area contributed by atoms with Gasteiger partial charge >= 0.3 is 11.9 Å². The highest BCUT2D eigenvalue weighted by Crippen LogP contribution is 2.42. The van der Waals surface area contributed by atoms with Crippen LogP contribution in [0.3, 0.4) is 0 Å². The molecular formula is C18H17ClN2O4. The van der Waals surface area contributed by atoms with Crippen LogP contribution in [0.2, 0.25) is 5.02 Å². The Labute approximate surface area is 150 Å². The van der Waals surface area contributed by atoms with Crippen LogP contribution in [0, 0.1) is 11.3 Å². The van der Waals surface area contributed by atoms with Crippen molar-refractivity contribution in [3.63, 3.8) is 0 Å². The summed E-state index contributed by atoms with van der Waals surface area (Å²) in [5.74, 6) is -3.33. The topological polar surface area (TPSA) is 102 Å². The van der Waals surface area contributed by atoms with E-state index in [0.29, 0.717) is 22.0 Å². The Hall–Kier alpha value is -2.78. The molecule has 7 heteroatoms. The number of hydrogen-bond donors (Lipinski definition) is 2. The molecule has 6 nitrogen and oxygen atoms in total. The molecule has 0 amide bonds. The van der Waals surface area contributed by atoms with Gasteiger partial charge in [0.05, 0.1) is 29.6 Å². The number of halogens is 1. The van der Waals surface area contributed by atoms with Crippen molar-refractivity contribution in [2.45, 2.75) is 26.2 Å². The van der Waals surface area contributed by atoms with Gasteiger partial charge in [-0.3, -0.25) is 0 Å². The Morgan fingerprint density at radius 2 is 1.76 bits per heavy atom. The summed E-state index contributed by atoms with van der Waals surface area (Å²) >= 11 is 6.02. The first-order valence-electron chi connectivity index (χ1n) is 7.57. The van der Waals surface area contributed by atoms with Crippen LogP contribution in [0.1, 0.15) is 31.7 Å². The minimum atomic E-state index is -1.20. The molecule has 0 aliphatic carbocycles. The van der Waals surface area contributed by atoms with Crippen LogP contribution in [-0.4, -0.2) is 33.6 Å². The van der Waals surface area contributed by atoms with Crippen LogP contribution in [0.5, 0.6) is 0 Å². The minimum Gasteiger partial charge on any atom is -0.478 e. The highest BCUT2D eigenvalue weighted by molar-refractivity contribution is 6.30. The van der Waals surface area contributed by atoms with Gasteiger partial charge in [0.15, 0.2) is 0 Å². The second-order valence-corrected chi connectivity index (χ2v) is 6.09. The molecule has 0 unspecified atom stereocenters. The summed E-state index contributed by atoms with van der Waals surface area (Å²) in [6.07, 6.45) is 0.149. The Morgan fingerprint density at radius 1 is 1.20 bits per heavy atom. The zero-order valence-corrected chi connectivity index (χ0v) is 14.5. The molecule has 0 bridgehead atoms. The van der Waals surface area contributed by atoms with Crippen molar-refractivity contribution in [1.82, 2.24) is 4.90 Å². The van der Waals surface area contributed by atoms with Gasteiger partial charge in [-0.2, -0.15) is 5.26 Å². The van der Waals surface area contributed by atoms with Crippen molar-refractivity contribution in [3.8, 4) is 6.07 Å². The van der Waals surface area contributed by atoms with Crippen LogP contribution in [-0.2, 0) is 9.59 Å². The Balaban J connectivity index is 2.73. The molecule has 2 N–H and O–H groups in total. The largest absolute Gasteiger partial charge is 0.478 e. The molecule has 0 atom stereocenters. The van der Waals surface area contributed by atoms with Gasteiger partial charge in [-0.1, -0.05) is 23.7 Å². The van der Waals surface area contributed by atoms with Crippen molar-refractivity contribution in [1.29, 1.82) is 5.26 Å². The average Bonchev–Trinajstić information content (AvgIpc) is 2.53. The summed E-state index contributed by atoms with van der Waals surface area (Å²) in [6.45, 7) is 3.48. The Morgan fingerprint density at radius 3 is 2.20 bits per heavy atom. The summed E-state index contributed by atoms with van der Waals surface area (Å²) in [5, 5.41) is 28.7. The first kappa shape index (κ1) is 18.6. The van der Waals surface area contributed by atoms with Gasteiger partial charge in [0.1, 0.15) is 0 Å². The van der Waals surface area contributed by atoms with E-state index in [4.69, 9.17) is 16.9 Å². The number of carboxylic acid groups (broad SMARTS) is 2. The van der Waals surface area contributed by atoms with Gasteiger partial charge in [-0.15, -0.1) is 0 Å². The van der Waals surface area contributed by atoms with Gasteiger partial charge in [-0.05, 0) is 31.5 Å². The zero-order chi connectivity index (χ0) is 18.7. The molecule has 0 spiro atoms. The molecule has 1 aliphatic rings. The van der Waals surface area contributed by atoms with Crippen LogP contribution < -0.4 is 0 Å². The van der Waals surface area contributed by atoms with Crippen molar-refractivity contribution in [2.24, 2.45) is 0 Å². The quantitative estimate of drug-likeness (QED) is 0.834. The highest BCUT2D eigenvalue weighted by atomic mass is 35.5. The van der Waals surface area contributed by atoms with E-state index in [2.05, 4.69) is 0 Å². The first-order chi connectivity index (χ1) is 11.8. The van der Waals surface area contributed by atoms with E-state index in [-0.39, 0.29) is 24.1 Å². The van der Waals surface area contributed by atoms with Gasteiger partial charge in [0.25, 0.3) is 0 Å². The summed E-state index contributed by atoms with van der Waals surface area (Å²) < 4.78 is 0. The summed E-state index contributed by atoms with van der Waals surface area (Å²) in [4.78, 5) is 25.4. The smallest absolute Gasteiger partial charge is 0.334 e. The number of nitriles is 1. The van der Waals surface area contributed by atoms with E-state index in [1.165, 1.54) is 0 Å². The van der Waals surface area contributed by atoms with E-state index >= 15 is 0 Å². The molecule has 0 saturated carbocycles. The van der Waals surface area contributed by atoms with Crippen molar-refractivity contribution < 1.29 is 19.8 Å². The maximum atomic E-state index is 11.9. The third-order valence-electron chi connectivity index (χ3n) is 4.26. The fraction of sp³-hybridized carbons (Fsp3) is 0.278. The zero-order valence-electron chi connectivity index (χ0n) is 13.8. The van der Waals surface area contributed by atoms with Crippen LogP contribution in [0.25, 0.3) is 0 Å². The fourth-order valence-electron chi connectivity index (χ4n) is 3.18. The number of rotatable bonds is 5. The summed E-state index contributed by atoms with van der Waals surface area (Å²) in [5.41, 5.74) is 1.30. The Bertz CT molecular complexity index is 798. The number of benzene rings is 1. The lowest BCUT2D eigenvalue weighted by atomic mass is 9.80. The first-order valence-corrected chi connectivity index (χ1v) is 7.95. The summed E-state index contributed by atoms with van der Waals surface area (Å²) in [6, 6.07) is 8.53. The van der Waals surface area contributed by atoms with Gasteiger partial charge in [-0.25, -0.2) is 9.59 Å². The molecular weight excluding hydrogens is 344 g/mol. The van der Waals surface area contributed by atoms with Crippen LogP contribution in [0.4, 0.5) is 0 Å². The molecule has 1 aliphatic heterocycles. The number of aliphatic carboxylic acids is 2. The van der Waals surface area contributed by atoms with Crippen molar-refractivity contribution in [3.05, 3.63) is 57.4 Å². The van der Waals surface area contributed by atoms with E-state index in [1.54, 1.807) is 43.0 Å². The molecule has 0 fully saturated rings. The number of carbonyl (C=O) groups is 2. The molecule has 0 saturated heterocycles. The minimum absolute atomic E-state index is 0.0248. The molecule has 25 heavy (non-hydrogen) atoms. The maximum absolute atomic E-state index is 11.9. The lowest BCUT2D eigenvalue weighted by Crippen LogP contribution is -2.34. The van der Waals surface area contributed by atoms with Crippen molar-refractivity contribution in [2.75, 3.05) is 6.54 Å². The number of nitrogens with zero attached hydrogens (tertiary/aromatic N) is 2. The molecule has 1 aromatic carbocycles. The molecule has 0 radical (unpaired) electrons. The normalized spacial score (nSPS) is 15.4. The predicted molar refractivity (Wildman–Crippen MR) is 91.8 cm³/mol. The van der Waals surface area contributed by atoms with Crippen LogP contribution in [0.15, 0.2) is 46.8 Å². The molecule has 130 valence electrons. The lowest BCUT2D eigenvalue weighted by molar-refractivity contribution is -0.133. The van der Waals surface area contributed by atoms with Crippen LogP contribution >= 0.6 is 11.6 Å². The third kappa shape index (κ3) is 3.52. The lowest BCUT2D eigenvalue weighted by Gasteiger charge is -2.36. The number of hydrogen-bond acceptors (Lipinski definition) is 4. The predicted octanol–water partition coefficient (Wildman–Crippen LogP) is 3.37. The fourth-order valence-corrected chi connectivity index (χ4v) is 3.38. The van der Waals surface area contributed by atoms with E-state index in [1.807, 2.05) is 6.07 Å². The molecule has 1 heterocycles. The third-order valence-corrected chi connectivity index (χ3v) is 4.49. The monoisotopic (exact) mass is 360 g/mol. The standard InChI is InChI=1S/C18H17ClN2O4/c1-10-14(17(22)23)16(12-5-3-6-13(19)9-12)15(18(24)25)11(2)21(10)8-4-7-20/h3,5-6,9,16H,4,8H2,1-2H3,(H,22,23)(H,24,25). The molecule has 1 aromatic rings. The SMILES string of the molecule is CC1=C(C(=O)O)C(c2cccc(Cl)c2)C(C(=O)O)=C(C)N1CCC#N. The summed E-state index contributed by atoms with van der Waals surface area (Å²) in [7, 11) is 0. The number of allylic oxidation sites excluding steroid dienone is 2. The maximum Gasteiger partial charge on any atom is 0.334 e. The second kappa shape index (κ2) is 7.41. The highest BCUT2D eigenvalue weighted by Gasteiger charge is 2.39. The van der Waals surface area contributed by atoms with Crippen molar-refractivity contribution >= 4 is 23.5 Å². The van der Waals surface area contributed by atoms with Gasteiger partial charge < -0.3 is 15.1 Å².